The minimum atomic E-state index is -0.0924. The topological polar surface area (TPSA) is 43.1 Å². The van der Waals surface area contributed by atoms with E-state index in [2.05, 4.69) is 20.8 Å². The molecule has 1 saturated carbocycles. The van der Waals surface area contributed by atoms with Crippen molar-refractivity contribution in [1.29, 1.82) is 0 Å². The van der Waals surface area contributed by atoms with Crippen LogP contribution in [-0.2, 0) is 4.79 Å². The van der Waals surface area contributed by atoms with Crippen LogP contribution < -0.4 is 5.73 Å². The van der Waals surface area contributed by atoms with Gasteiger partial charge in [-0.25, -0.2) is 0 Å². The number of nitrogens with two attached hydrogens (primary N) is 1. The first-order valence-corrected chi connectivity index (χ1v) is 5.31. The smallest absolute Gasteiger partial charge is 0.220 e. The number of rotatable bonds is 2. The molecule has 0 aromatic rings. The second-order valence-electron chi connectivity index (χ2n) is 4.83. The summed E-state index contributed by atoms with van der Waals surface area (Å²) >= 11 is 0. The summed E-state index contributed by atoms with van der Waals surface area (Å²) in [5.74, 6) is 1.82. The van der Waals surface area contributed by atoms with Crippen molar-refractivity contribution in [1.82, 2.24) is 0 Å². The van der Waals surface area contributed by atoms with Crippen LogP contribution in [0.1, 0.15) is 41.5 Å². The van der Waals surface area contributed by atoms with Crippen molar-refractivity contribution < 1.29 is 6.22 Å². The van der Waals surface area contributed by atoms with Crippen molar-refractivity contribution in [3.05, 3.63) is 0 Å². The molecule has 0 saturated heterocycles. The fourth-order valence-electron chi connectivity index (χ4n) is 2.53. The van der Waals surface area contributed by atoms with Crippen molar-refractivity contribution in [2.45, 2.75) is 40.0 Å². The molecular weight excluding hydrogens is 162 g/mol. The fraction of sp³-hybridized carbons (Fsp3) is 0.909. The average molecular weight is 185 g/mol. The minimum Gasteiger partial charge on any atom is -0.369 e. The van der Waals surface area contributed by atoms with Gasteiger partial charge in [0.25, 0.3) is 0 Å². The summed E-state index contributed by atoms with van der Waals surface area (Å²) in [6.07, 6.45) is 3.43. The van der Waals surface area contributed by atoms with Crippen LogP contribution in [0.15, 0.2) is 0 Å². The molecule has 0 bridgehead atoms. The van der Waals surface area contributed by atoms with E-state index in [-0.39, 0.29) is 13.3 Å². The van der Waals surface area contributed by atoms with Gasteiger partial charge in [-0.05, 0) is 30.6 Å². The van der Waals surface area contributed by atoms with Crippen LogP contribution in [-0.4, -0.2) is 5.91 Å². The Labute approximate surface area is 82.4 Å². The molecule has 0 aliphatic heterocycles. The van der Waals surface area contributed by atoms with Crippen LogP contribution >= 0.6 is 0 Å². The maximum absolute atomic E-state index is 11.2. The predicted octanol–water partition coefficient (Wildman–Crippen LogP) is 2.43. The lowest BCUT2D eigenvalue weighted by atomic mass is 9.70. The van der Waals surface area contributed by atoms with Gasteiger partial charge in [-0.15, -0.1) is 0 Å². The van der Waals surface area contributed by atoms with E-state index in [4.69, 9.17) is 5.73 Å². The van der Waals surface area contributed by atoms with E-state index in [1.165, 1.54) is 12.8 Å². The van der Waals surface area contributed by atoms with Crippen LogP contribution in [0.25, 0.3) is 0 Å². The molecule has 0 heterocycles. The summed E-state index contributed by atoms with van der Waals surface area (Å²) in [4.78, 5) is 11.2. The monoisotopic (exact) mass is 185 g/mol. The van der Waals surface area contributed by atoms with Gasteiger partial charge in [-0.1, -0.05) is 27.2 Å². The van der Waals surface area contributed by atoms with Gasteiger partial charge < -0.3 is 5.73 Å². The maximum atomic E-state index is 11.2. The van der Waals surface area contributed by atoms with Crippen LogP contribution in [0.5, 0.6) is 0 Å². The first kappa shape index (κ1) is 10.6. The summed E-state index contributed by atoms with van der Waals surface area (Å²) in [6, 6.07) is 0. The summed E-state index contributed by atoms with van der Waals surface area (Å²) in [7, 11) is 0. The quantitative estimate of drug-likeness (QED) is 0.705. The van der Waals surface area contributed by atoms with Crippen LogP contribution in [0.2, 0.25) is 0 Å². The predicted molar refractivity (Wildman–Crippen MR) is 56.1 cm³/mol. The first-order chi connectivity index (χ1) is 6.02. The molecule has 0 aromatic carbocycles. The molecule has 1 fully saturated rings. The summed E-state index contributed by atoms with van der Waals surface area (Å²) in [6.45, 7) is 6.60. The molecular formula is C11H23NO. The molecule has 1 rings (SSSR count). The third-order valence-corrected chi connectivity index (χ3v) is 3.39. The lowest BCUT2D eigenvalue weighted by Crippen LogP contribution is -2.37. The summed E-state index contributed by atoms with van der Waals surface area (Å²) in [5, 5.41) is 0. The molecule has 1 aliphatic carbocycles. The second kappa shape index (κ2) is 4.12. The number of hydrogen-bond donors (Lipinski definition) is 1. The molecule has 2 N–H and O–H groups in total. The van der Waals surface area contributed by atoms with E-state index in [1.54, 1.807) is 0 Å². The number of amides is 1. The zero-order valence-corrected chi connectivity index (χ0v) is 8.92. The normalized spacial score (nSPS) is 34.9. The highest BCUT2D eigenvalue weighted by Crippen LogP contribution is 2.37. The number of primary amides is 1. The van der Waals surface area contributed by atoms with Crippen molar-refractivity contribution >= 4 is 5.91 Å². The van der Waals surface area contributed by atoms with E-state index >= 15 is 0 Å². The Bertz CT molecular complexity index is 194. The van der Waals surface area contributed by atoms with E-state index in [9.17, 15) is 4.79 Å². The van der Waals surface area contributed by atoms with Crippen molar-refractivity contribution in [2.75, 3.05) is 0 Å². The van der Waals surface area contributed by atoms with E-state index < -0.39 is 0 Å². The maximum Gasteiger partial charge on any atom is 0.220 e. The Hall–Kier alpha value is -0.530. The molecule has 2 heteroatoms. The summed E-state index contributed by atoms with van der Waals surface area (Å²) < 4.78 is 0. The summed E-state index contributed by atoms with van der Waals surface area (Å²) in [5.41, 5.74) is 5.42. The number of carbonyl (C=O) groups excluding carboxylic acids is 1. The highest BCUT2D eigenvalue weighted by molar-refractivity contribution is 5.77. The van der Waals surface area contributed by atoms with Gasteiger partial charge in [0.1, 0.15) is 0 Å². The van der Waals surface area contributed by atoms with Gasteiger partial charge in [0.15, 0.2) is 0 Å². The molecule has 78 valence electrons. The van der Waals surface area contributed by atoms with Gasteiger partial charge in [0.2, 0.25) is 5.91 Å². The molecule has 1 amide bonds. The zero-order chi connectivity index (χ0) is 10.0. The SMILES string of the molecule is CC(C)[C@@H]1CC[C@@H](C)C[C@H]1C(N)=O.[HH]. The third kappa shape index (κ3) is 2.45. The molecule has 0 radical (unpaired) electrons. The van der Waals surface area contributed by atoms with Gasteiger partial charge in [-0.2, -0.15) is 0 Å². The molecule has 13 heavy (non-hydrogen) atoms. The molecule has 1 aliphatic rings. The van der Waals surface area contributed by atoms with E-state index in [1.807, 2.05) is 0 Å². The molecule has 2 nitrogen and oxygen atoms in total. The highest BCUT2D eigenvalue weighted by Gasteiger charge is 2.33. The number of carbonyl (C=O) groups is 1. The van der Waals surface area contributed by atoms with E-state index in [0.717, 1.165) is 6.42 Å². The average Bonchev–Trinajstić information content (AvgIpc) is 2.03. The lowest BCUT2D eigenvalue weighted by molar-refractivity contribution is -0.125. The van der Waals surface area contributed by atoms with Gasteiger partial charge >= 0.3 is 0 Å². The molecule has 3 atom stereocenters. The Kier molecular flexibility index (Phi) is 3.34. The largest absolute Gasteiger partial charge is 0.369 e. The zero-order valence-electron chi connectivity index (χ0n) is 8.92. The number of hydrogen-bond acceptors (Lipinski definition) is 1. The van der Waals surface area contributed by atoms with Gasteiger partial charge in [-0.3, -0.25) is 4.79 Å². The molecule has 0 spiro atoms. The van der Waals surface area contributed by atoms with Crippen molar-refractivity contribution in [2.24, 2.45) is 29.4 Å². The van der Waals surface area contributed by atoms with Crippen LogP contribution in [0, 0.1) is 23.7 Å². The van der Waals surface area contributed by atoms with Gasteiger partial charge in [0.05, 0.1) is 0 Å². The van der Waals surface area contributed by atoms with Crippen molar-refractivity contribution in [3.63, 3.8) is 0 Å². The third-order valence-electron chi connectivity index (χ3n) is 3.39. The minimum absolute atomic E-state index is 0. The Morgan fingerprint density at radius 2 is 2.08 bits per heavy atom. The fourth-order valence-corrected chi connectivity index (χ4v) is 2.53. The Balaban J connectivity index is 0.00000169. The van der Waals surface area contributed by atoms with Gasteiger partial charge in [0, 0.05) is 7.34 Å². The lowest BCUT2D eigenvalue weighted by Gasteiger charge is -2.35. The highest BCUT2D eigenvalue weighted by atomic mass is 16.1. The van der Waals surface area contributed by atoms with Crippen LogP contribution in [0.3, 0.4) is 0 Å². The second-order valence-corrected chi connectivity index (χ2v) is 4.83. The Morgan fingerprint density at radius 1 is 1.46 bits per heavy atom. The van der Waals surface area contributed by atoms with Crippen molar-refractivity contribution in [3.8, 4) is 0 Å². The first-order valence-electron chi connectivity index (χ1n) is 5.31. The standard InChI is InChI=1S/C11H21NO.H2/c1-7(2)9-5-4-8(3)6-10(9)11(12)13;/h7-10H,4-6H2,1-3H3,(H2,12,13);1H/t8-,9+,10-;/m1./s1. The molecule has 0 aromatic heterocycles. The van der Waals surface area contributed by atoms with Crippen LogP contribution in [0.4, 0.5) is 0 Å². The molecule has 0 unspecified atom stereocenters. The Morgan fingerprint density at radius 3 is 2.54 bits per heavy atom. The van der Waals surface area contributed by atoms with E-state index in [0.29, 0.717) is 17.8 Å².